The van der Waals surface area contributed by atoms with Crippen LogP contribution in [0.1, 0.15) is 19.4 Å². The number of nitrogens with one attached hydrogen (secondary N) is 2. The Hall–Kier alpha value is -3.22. The minimum absolute atomic E-state index is 0.0674. The number of hydrogen-bond donors (Lipinski definition) is 4. The van der Waals surface area contributed by atoms with E-state index in [1.165, 1.54) is 12.1 Å². The largest absolute Gasteiger partial charge is 0.504 e. The van der Waals surface area contributed by atoms with Gasteiger partial charge >= 0.3 is 0 Å². The molecule has 1 heterocycles. The monoisotopic (exact) mass is 354 g/mol. The van der Waals surface area contributed by atoms with Gasteiger partial charge in [0.1, 0.15) is 0 Å². The molecule has 7 heteroatoms. The summed E-state index contributed by atoms with van der Waals surface area (Å²) in [5.74, 6) is -0.237. The number of H-pyrrole nitrogens is 1. The Morgan fingerprint density at radius 2 is 1.88 bits per heavy atom. The number of aromatic hydroxyl groups is 2. The first-order valence-electron chi connectivity index (χ1n) is 8.55. The molecular weight excluding hydrogens is 332 g/mol. The van der Waals surface area contributed by atoms with Crippen LogP contribution in [0.5, 0.6) is 11.5 Å². The molecule has 1 amide bonds. The number of carbonyl (C=O) groups excluding carboxylic acids is 1. The fourth-order valence-corrected chi connectivity index (χ4v) is 2.92. The number of carbonyl (C=O) groups is 1. The zero-order valence-corrected chi connectivity index (χ0v) is 14.8. The number of phenols is 2. The summed E-state index contributed by atoms with van der Waals surface area (Å²) in [6, 6.07) is 10.3. The van der Waals surface area contributed by atoms with Crippen LogP contribution in [-0.2, 0) is 11.2 Å². The van der Waals surface area contributed by atoms with Gasteiger partial charge in [0, 0.05) is 24.2 Å². The zero-order valence-electron chi connectivity index (χ0n) is 14.8. The minimum Gasteiger partial charge on any atom is -0.504 e. The van der Waals surface area contributed by atoms with Crippen LogP contribution >= 0.6 is 0 Å². The normalized spacial score (nSPS) is 10.8. The van der Waals surface area contributed by atoms with Crippen molar-refractivity contribution in [2.45, 2.75) is 20.3 Å². The van der Waals surface area contributed by atoms with Crippen molar-refractivity contribution in [1.29, 1.82) is 0 Å². The zero-order chi connectivity index (χ0) is 18.7. The van der Waals surface area contributed by atoms with Crippen LogP contribution in [0.3, 0.4) is 0 Å². The predicted octanol–water partition coefficient (Wildman–Crippen LogP) is 3.00. The molecule has 0 aliphatic rings. The molecule has 0 unspecified atom stereocenters. The van der Waals surface area contributed by atoms with Gasteiger partial charge < -0.3 is 20.4 Å². The number of aromatic amines is 1. The predicted molar refractivity (Wildman–Crippen MR) is 102 cm³/mol. The molecule has 1 aromatic heterocycles. The fraction of sp³-hybridized carbons (Fsp3) is 0.263. The van der Waals surface area contributed by atoms with Gasteiger partial charge in [0.25, 0.3) is 0 Å². The van der Waals surface area contributed by atoms with E-state index >= 15 is 0 Å². The van der Waals surface area contributed by atoms with E-state index in [0.29, 0.717) is 11.4 Å². The number of nitrogens with zero attached hydrogens (tertiary/aromatic N) is 2. The van der Waals surface area contributed by atoms with E-state index in [0.717, 1.165) is 29.7 Å². The van der Waals surface area contributed by atoms with E-state index in [-0.39, 0.29) is 23.8 Å². The summed E-state index contributed by atoms with van der Waals surface area (Å²) in [5, 5.41) is 29.6. The van der Waals surface area contributed by atoms with E-state index in [9.17, 15) is 15.0 Å². The summed E-state index contributed by atoms with van der Waals surface area (Å²) >= 11 is 0. The first-order valence-corrected chi connectivity index (χ1v) is 8.55. The van der Waals surface area contributed by atoms with E-state index in [2.05, 4.69) is 34.3 Å². The highest BCUT2D eigenvalue weighted by atomic mass is 16.3. The van der Waals surface area contributed by atoms with E-state index in [1.54, 1.807) is 6.07 Å². The number of benzene rings is 2. The lowest BCUT2D eigenvalue weighted by atomic mass is 10.1. The number of phenolic OH excluding ortho intramolecular Hbond substituents is 2. The number of amides is 1. The maximum Gasteiger partial charge on any atom is 0.230 e. The van der Waals surface area contributed by atoms with Crippen molar-refractivity contribution in [2.75, 3.05) is 23.3 Å². The molecule has 0 saturated heterocycles. The number of anilines is 2. The first kappa shape index (κ1) is 17.6. The summed E-state index contributed by atoms with van der Waals surface area (Å²) < 4.78 is 0. The van der Waals surface area contributed by atoms with E-state index in [1.807, 2.05) is 18.2 Å². The van der Waals surface area contributed by atoms with Crippen molar-refractivity contribution in [1.82, 2.24) is 10.2 Å². The van der Waals surface area contributed by atoms with Crippen LogP contribution in [0, 0.1) is 0 Å². The van der Waals surface area contributed by atoms with Gasteiger partial charge in [-0.15, -0.1) is 0 Å². The summed E-state index contributed by atoms with van der Waals surface area (Å²) in [6.45, 7) is 5.98. The van der Waals surface area contributed by atoms with E-state index < -0.39 is 0 Å². The van der Waals surface area contributed by atoms with Gasteiger partial charge in [0.2, 0.25) is 5.91 Å². The first-order chi connectivity index (χ1) is 12.5. The number of fused-ring (bicyclic) bond motifs is 1. The number of hydrogen-bond acceptors (Lipinski definition) is 5. The molecule has 0 fully saturated rings. The number of aromatic nitrogens is 2. The van der Waals surface area contributed by atoms with E-state index in [4.69, 9.17) is 0 Å². The second-order valence-electron chi connectivity index (χ2n) is 6.02. The Labute approximate surface area is 151 Å². The molecule has 0 aliphatic carbocycles. The van der Waals surface area contributed by atoms with Crippen LogP contribution in [0.15, 0.2) is 36.4 Å². The van der Waals surface area contributed by atoms with Crippen molar-refractivity contribution in [3.8, 4) is 11.5 Å². The second kappa shape index (κ2) is 7.35. The van der Waals surface area contributed by atoms with Crippen LogP contribution in [0.2, 0.25) is 0 Å². The molecule has 26 heavy (non-hydrogen) atoms. The molecule has 0 aliphatic heterocycles. The smallest absolute Gasteiger partial charge is 0.230 e. The van der Waals surface area contributed by atoms with Crippen molar-refractivity contribution in [3.05, 3.63) is 42.0 Å². The Bertz CT molecular complexity index is 932. The molecule has 7 nitrogen and oxygen atoms in total. The highest BCUT2D eigenvalue weighted by Crippen LogP contribution is 2.27. The van der Waals surface area contributed by atoms with Crippen LogP contribution in [-0.4, -0.2) is 39.4 Å². The maximum atomic E-state index is 12.3. The average Bonchev–Trinajstić information content (AvgIpc) is 3.01. The van der Waals surface area contributed by atoms with Crippen LogP contribution in [0.4, 0.5) is 11.5 Å². The highest BCUT2D eigenvalue weighted by molar-refractivity contribution is 6.01. The molecule has 0 atom stereocenters. The highest BCUT2D eigenvalue weighted by Gasteiger charge is 2.13. The topological polar surface area (TPSA) is 101 Å². The molecule has 0 radical (unpaired) electrons. The third-order valence-electron chi connectivity index (χ3n) is 4.34. The molecular formula is C19H22N4O3. The molecule has 0 spiro atoms. The molecule has 0 saturated carbocycles. The molecule has 0 bridgehead atoms. The summed E-state index contributed by atoms with van der Waals surface area (Å²) in [7, 11) is 0. The summed E-state index contributed by atoms with van der Waals surface area (Å²) in [4.78, 5) is 14.6. The van der Waals surface area contributed by atoms with Gasteiger partial charge in [0.15, 0.2) is 17.3 Å². The molecule has 2 aromatic carbocycles. The summed E-state index contributed by atoms with van der Waals surface area (Å²) in [5.41, 5.74) is 2.52. The Balaban J connectivity index is 1.80. The molecule has 136 valence electrons. The minimum atomic E-state index is -0.253. The third kappa shape index (κ3) is 3.56. The van der Waals surface area contributed by atoms with Gasteiger partial charge in [-0.3, -0.25) is 9.89 Å². The standard InChI is InChI=1S/C19H22N4O3/c1-3-23(4-2)13-6-7-15-14(11-13)19(22-21-15)20-18(26)10-12-5-8-16(24)17(25)9-12/h5-9,11,24-25H,3-4,10H2,1-2H3,(H2,20,21,22,26). The van der Waals surface area contributed by atoms with Crippen molar-refractivity contribution in [3.63, 3.8) is 0 Å². The van der Waals surface area contributed by atoms with Crippen LogP contribution < -0.4 is 10.2 Å². The van der Waals surface area contributed by atoms with Crippen molar-refractivity contribution < 1.29 is 15.0 Å². The Morgan fingerprint density at radius 1 is 1.12 bits per heavy atom. The average molecular weight is 354 g/mol. The quantitative estimate of drug-likeness (QED) is 0.510. The van der Waals surface area contributed by atoms with Gasteiger partial charge in [-0.05, 0) is 49.7 Å². The SMILES string of the molecule is CCN(CC)c1ccc2[nH]nc(NC(=O)Cc3ccc(O)c(O)c3)c2c1. The van der Waals surface area contributed by atoms with Gasteiger partial charge in [-0.2, -0.15) is 5.10 Å². The number of rotatable bonds is 6. The summed E-state index contributed by atoms with van der Waals surface area (Å²) in [6.07, 6.45) is 0.0674. The lowest BCUT2D eigenvalue weighted by Gasteiger charge is -2.20. The molecule has 3 rings (SSSR count). The Morgan fingerprint density at radius 3 is 2.58 bits per heavy atom. The van der Waals surface area contributed by atoms with Gasteiger partial charge in [-0.1, -0.05) is 6.07 Å². The van der Waals surface area contributed by atoms with Crippen molar-refractivity contribution in [2.24, 2.45) is 0 Å². The van der Waals surface area contributed by atoms with Gasteiger partial charge in [0.05, 0.1) is 11.9 Å². The molecule has 4 N–H and O–H groups in total. The third-order valence-corrected chi connectivity index (χ3v) is 4.34. The lowest BCUT2D eigenvalue weighted by molar-refractivity contribution is -0.115. The fourth-order valence-electron chi connectivity index (χ4n) is 2.92. The maximum absolute atomic E-state index is 12.3. The van der Waals surface area contributed by atoms with Crippen molar-refractivity contribution >= 4 is 28.3 Å². The molecule has 3 aromatic rings. The van der Waals surface area contributed by atoms with Gasteiger partial charge in [-0.25, -0.2) is 0 Å². The van der Waals surface area contributed by atoms with Crippen LogP contribution in [0.25, 0.3) is 10.9 Å². The second-order valence-corrected chi connectivity index (χ2v) is 6.02. The lowest BCUT2D eigenvalue weighted by Crippen LogP contribution is -2.21. The Kier molecular flexibility index (Phi) is 4.97.